The molecule has 1 heterocycles. The minimum atomic E-state index is -1.26. The van der Waals surface area contributed by atoms with Crippen molar-refractivity contribution in [2.45, 2.75) is 83.1 Å². The largest absolute Gasteiger partial charge is 0.495 e. The summed E-state index contributed by atoms with van der Waals surface area (Å²) in [6.45, 7) is 8.90. The van der Waals surface area contributed by atoms with Crippen LogP contribution in [0.2, 0.25) is 5.02 Å². The summed E-state index contributed by atoms with van der Waals surface area (Å²) in [5.41, 5.74) is 0.237. The monoisotopic (exact) mass is 776 g/mol. The highest BCUT2D eigenvalue weighted by Gasteiger charge is 2.39. The van der Waals surface area contributed by atoms with E-state index in [2.05, 4.69) is 26.6 Å². The van der Waals surface area contributed by atoms with Gasteiger partial charge >= 0.3 is 11.9 Å². The molecule has 0 aliphatic carbocycles. The molecule has 2 aromatic carbocycles. The maximum atomic E-state index is 13.7. The fraction of sp³-hybridized carbons (Fsp3) is 0.486. The zero-order chi connectivity index (χ0) is 37.0. The van der Waals surface area contributed by atoms with E-state index in [0.717, 1.165) is 5.56 Å². The summed E-state index contributed by atoms with van der Waals surface area (Å²) in [5, 5.41) is 5.83. The third-order valence-electron chi connectivity index (χ3n) is 8.37. The van der Waals surface area contributed by atoms with E-state index < -0.39 is 64.3 Å². The predicted octanol–water partition coefficient (Wildman–Crippen LogP) is 5.66. The van der Waals surface area contributed by atoms with Crippen LogP contribution < -0.4 is 15.4 Å². The number of amides is 2. The van der Waals surface area contributed by atoms with Crippen molar-refractivity contribution in [1.29, 1.82) is 0 Å². The van der Waals surface area contributed by atoms with Crippen molar-refractivity contribution in [3.8, 4) is 5.75 Å². The molecule has 0 radical (unpaired) electrons. The Morgan fingerprint density at radius 1 is 1.06 bits per heavy atom. The summed E-state index contributed by atoms with van der Waals surface area (Å²) in [6.07, 6.45) is 0.110. The highest BCUT2D eigenvalue weighted by atomic mass is 79.9. The van der Waals surface area contributed by atoms with Crippen LogP contribution in [0.15, 0.2) is 60.7 Å². The normalized spacial score (nSPS) is 22.9. The van der Waals surface area contributed by atoms with Gasteiger partial charge in [-0.05, 0) is 55.5 Å². The highest BCUT2D eigenvalue weighted by molar-refractivity contribution is 9.09. The number of hydrogen-bond acceptors (Lipinski definition) is 9. The number of halogens is 2. The fourth-order valence-electron chi connectivity index (χ4n) is 5.38. The number of hydrogen-bond donors (Lipinski definition) is 2. The van der Waals surface area contributed by atoms with Gasteiger partial charge in [-0.25, -0.2) is 4.79 Å². The van der Waals surface area contributed by atoms with Gasteiger partial charge in [0.15, 0.2) is 6.10 Å². The zero-order valence-corrected chi connectivity index (χ0v) is 31.5. The fourth-order valence-corrected chi connectivity index (χ4v) is 6.57. The minimum absolute atomic E-state index is 0.0341. The van der Waals surface area contributed by atoms with Crippen molar-refractivity contribution in [3.63, 3.8) is 0 Å². The second-order valence-electron chi connectivity index (χ2n) is 13.3. The van der Waals surface area contributed by atoms with Crippen molar-refractivity contribution >= 4 is 57.8 Å². The third-order valence-corrected chi connectivity index (χ3v) is 9.72. The maximum Gasteiger partial charge on any atom is 0.347 e. The number of alkyl halides is 1. The topological polar surface area (TPSA) is 146 Å². The standard InChI is InChI=1S/C37H46BrClN2O9/c1-22(2)17-30-35(45)49-28(23(3)33(48-21-42)32(38)25-11-8-7-9-12-25)13-10-14-31(43)41-27(19-24-15-16-29(47-6)26(39)18-24)34(44)40-20-37(4,5)36(46)50-30/h7-12,14-16,18,21-23,27-28,30,32-33H,13,17,19-20H2,1-6H3,(H,40,44)(H,41,43)/b14-10+/t23-,27+,28-,30-,32-,33+/m0/s1. The SMILES string of the molecule is COc1ccc(C[C@H]2NC(=O)/C=C/C[C@@H]([C@H](C)[C@@H](OC=O)[C@@H](Br)c3ccccc3)OC(=O)[C@H](CC(C)C)OC(=O)C(C)(C)CNC2=O)cc1Cl. The molecule has 0 aromatic heterocycles. The second-order valence-corrected chi connectivity index (χ2v) is 14.7. The van der Waals surface area contributed by atoms with Gasteiger partial charge in [0.05, 0.1) is 22.4 Å². The van der Waals surface area contributed by atoms with Crippen LogP contribution in [0.4, 0.5) is 0 Å². The Balaban J connectivity index is 2.00. The molecule has 0 unspecified atom stereocenters. The first kappa shape index (κ1) is 40.5. The maximum absolute atomic E-state index is 13.7. The van der Waals surface area contributed by atoms with Crippen LogP contribution in [-0.2, 0) is 44.6 Å². The summed E-state index contributed by atoms with van der Waals surface area (Å²) in [6, 6.07) is 13.3. The van der Waals surface area contributed by atoms with Crippen molar-refractivity contribution < 1.29 is 42.9 Å². The van der Waals surface area contributed by atoms with Crippen molar-refractivity contribution in [3.05, 3.63) is 76.8 Å². The summed E-state index contributed by atoms with van der Waals surface area (Å²) in [5.74, 6) is -2.79. The van der Waals surface area contributed by atoms with Gasteiger partial charge in [-0.3, -0.25) is 19.2 Å². The van der Waals surface area contributed by atoms with Crippen LogP contribution in [-0.4, -0.2) is 68.2 Å². The molecular weight excluding hydrogens is 732 g/mol. The van der Waals surface area contributed by atoms with Gasteiger partial charge in [0, 0.05) is 25.3 Å². The number of nitrogens with one attached hydrogen (secondary N) is 2. The van der Waals surface area contributed by atoms with Crippen LogP contribution in [0.3, 0.4) is 0 Å². The van der Waals surface area contributed by atoms with Crippen molar-refractivity contribution in [1.82, 2.24) is 10.6 Å². The number of cyclic esters (lactones) is 2. The van der Waals surface area contributed by atoms with E-state index in [-0.39, 0.29) is 31.7 Å². The lowest BCUT2D eigenvalue weighted by Gasteiger charge is -2.33. The summed E-state index contributed by atoms with van der Waals surface area (Å²) in [4.78, 5) is 65.1. The quantitative estimate of drug-likeness (QED) is 0.128. The lowest BCUT2D eigenvalue weighted by molar-refractivity contribution is -0.180. The molecule has 2 amide bonds. The molecule has 1 aliphatic heterocycles. The van der Waals surface area contributed by atoms with E-state index in [9.17, 15) is 24.0 Å². The third kappa shape index (κ3) is 11.6. The van der Waals surface area contributed by atoms with Gasteiger partial charge in [-0.1, -0.05) is 90.8 Å². The van der Waals surface area contributed by atoms with Gasteiger partial charge in [-0.2, -0.15) is 0 Å². The van der Waals surface area contributed by atoms with Gasteiger partial charge < -0.3 is 29.6 Å². The van der Waals surface area contributed by atoms with Crippen LogP contribution in [0.25, 0.3) is 0 Å². The van der Waals surface area contributed by atoms with Crippen molar-refractivity contribution in [2.24, 2.45) is 17.3 Å². The molecule has 0 spiro atoms. The van der Waals surface area contributed by atoms with Crippen LogP contribution in [0, 0.1) is 17.3 Å². The molecule has 3 rings (SSSR count). The molecule has 6 atom stereocenters. The Morgan fingerprint density at radius 2 is 1.76 bits per heavy atom. The van der Waals surface area contributed by atoms with Gasteiger partial charge in [-0.15, -0.1) is 0 Å². The number of carbonyl (C=O) groups is 5. The first-order valence-electron chi connectivity index (χ1n) is 16.4. The molecule has 11 nitrogen and oxygen atoms in total. The number of benzene rings is 2. The van der Waals surface area contributed by atoms with Crippen LogP contribution in [0.1, 0.15) is 63.4 Å². The number of esters is 2. The molecule has 13 heteroatoms. The highest BCUT2D eigenvalue weighted by Crippen LogP contribution is 2.35. The van der Waals surface area contributed by atoms with E-state index in [1.807, 2.05) is 44.2 Å². The molecule has 0 saturated carbocycles. The molecular formula is C37H46BrClN2O9. The summed E-state index contributed by atoms with van der Waals surface area (Å²) < 4.78 is 22.6. The average molecular weight is 778 g/mol. The Labute approximate surface area is 306 Å². The lowest BCUT2D eigenvalue weighted by Crippen LogP contribution is -2.51. The first-order chi connectivity index (χ1) is 23.7. The Morgan fingerprint density at radius 3 is 2.38 bits per heavy atom. The molecule has 0 bridgehead atoms. The molecule has 0 saturated heterocycles. The van der Waals surface area contributed by atoms with Gasteiger partial charge in [0.2, 0.25) is 11.8 Å². The number of methoxy groups -OCH3 is 1. The summed E-state index contributed by atoms with van der Waals surface area (Å²) in [7, 11) is 1.49. The number of rotatable bonds is 11. The van der Waals surface area contributed by atoms with E-state index >= 15 is 0 Å². The number of ether oxygens (including phenoxy) is 4. The molecule has 2 N–H and O–H groups in total. The van der Waals surface area contributed by atoms with Gasteiger partial charge in [0.25, 0.3) is 6.47 Å². The van der Waals surface area contributed by atoms with Crippen molar-refractivity contribution in [2.75, 3.05) is 13.7 Å². The number of carbonyl (C=O) groups excluding carboxylic acids is 5. The zero-order valence-electron chi connectivity index (χ0n) is 29.2. The lowest BCUT2D eigenvalue weighted by atomic mass is 9.90. The molecule has 0 fully saturated rings. The molecule has 50 heavy (non-hydrogen) atoms. The van der Waals surface area contributed by atoms with E-state index in [4.69, 9.17) is 30.5 Å². The average Bonchev–Trinajstić information content (AvgIpc) is 3.07. The minimum Gasteiger partial charge on any atom is -0.495 e. The summed E-state index contributed by atoms with van der Waals surface area (Å²) >= 11 is 9.97. The van der Waals surface area contributed by atoms with Crippen LogP contribution >= 0.6 is 27.5 Å². The first-order valence-corrected chi connectivity index (χ1v) is 17.7. The molecule has 1 aliphatic rings. The Kier molecular flexibility index (Phi) is 15.3. The Bertz CT molecular complexity index is 1520. The van der Waals surface area contributed by atoms with Crippen LogP contribution in [0.5, 0.6) is 5.75 Å². The molecule has 2 aromatic rings. The predicted molar refractivity (Wildman–Crippen MR) is 192 cm³/mol. The molecule has 272 valence electrons. The Hall–Kier alpha value is -3.90. The van der Waals surface area contributed by atoms with E-state index in [1.165, 1.54) is 19.3 Å². The van der Waals surface area contributed by atoms with Gasteiger partial charge in [0.1, 0.15) is 24.0 Å². The second kappa shape index (κ2) is 18.9. The smallest absolute Gasteiger partial charge is 0.347 e. The van der Waals surface area contributed by atoms with E-state index in [0.29, 0.717) is 22.8 Å². The van der Waals surface area contributed by atoms with E-state index in [1.54, 1.807) is 39.0 Å².